The summed E-state index contributed by atoms with van der Waals surface area (Å²) in [5.41, 5.74) is 6.03. The number of carbonyl (C=O) groups is 2. The number of rotatable bonds is 11. The van der Waals surface area contributed by atoms with E-state index in [0.717, 1.165) is 29.1 Å². The molecule has 0 aliphatic heterocycles. The van der Waals surface area contributed by atoms with Gasteiger partial charge in [0.15, 0.2) is 23.3 Å². The molecule has 5 N–H and O–H groups in total. The second kappa shape index (κ2) is 13.2. The number of nitrogens with one attached hydrogen (secondary N) is 3. The summed E-state index contributed by atoms with van der Waals surface area (Å²) >= 11 is 0. The van der Waals surface area contributed by atoms with Crippen LogP contribution in [0.5, 0.6) is 0 Å². The first-order chi connectivity index (χ1) is 20.8. The summed E-state index contributed by atoms with van der Waals surface area (Å²) in [6, 6.07) is 7.49. The molecule has 2 amide bonds. The van der Waals surface area contributed by atoms with Crippen LogP contribution in [0.1, 0.15) is 49.7 Å². The van der Waals surface area contributed by atoms with Crippen molar-refractivity contribution in [1.82, 2.24) is 20.1 Å². The highest BCUT2D eigenvalue weighted by atomic mass is 19.2. The number of ether oxygens (including phenoxy) is 2. The lowest BCUT2D eigenvalue weighted by atomic mass is 10.00. The van der Waals surface area contributed by atoms with Gasteiger partial charge in [0.05, 0.1) is 42.5 Å². The van der Waals surface area contributed by atoms with Crippen LogP contribution in [0, 0.1) is 17.5 Å². The summed E-state index contributed by atoms with van der Waals surface area (Å²) in [6.07, 6.45) is 0.891. The van der Waals surface area contributed by atoms with Crippen LogP contribution in [0.2, 0.25) is 0 Å². The van der Waals surface area contributed by atoms with Crippen LogP contribution in [0.3, 0.4) is 0 Å². The Balaban J connectivity index is 1.69. The van der Waals surface area contributed by atoms with Crippen molar-refractivity contribution in [2.45, 2.75) is 51.9 Å². The molecular weight excluding hydrogens is 579 g/mol. The number of pyridine rings is 1. The van der Waals surface area contributed by atoms with Gasteiger partial charge < -0.3 is 31.2 Å². The lowest BCUT2D eigenvalue weighted by Gasteiger charge is -2.29. The molecule has 0 radical (unpaired) electrons. The highest BCUT2D eigenvalue weighted by molar-refractivity contribution is 5.99. The molecule has 14 heteroatoms. The second-order valence-corrected chi connectivity index (χ2v) is 11.1. The molecule has 234 valence electrons. The highest BCUT2D eigenvalue weighted by Crippen LogP contribution is 2.30. The van der Waals surface area contributed by atoms with Crippen LogP contribution < -0.4 is 21.7 Å². The van der Waals surface area contributed by atoms with Crippen LogP contribution in [0.15, 0.2) is 48.7 Å². The molecule has 2 heterocycles. The van der Waals surface area contributed by atoms with E-state index in [4.69, 9.17) is 15.2 Å². The third-order valence-corrected chi connectivity index (χ3v) is 6.49. The maximum atomic E-state index is 15.4. The number of hydrogen-bond donors (Lipinski definition) is 4. The highest BCUT2D eigenvalue weighted by Gasteiger charge is 2.27. The van der Waals surface area contributed by atoms with Crippen molar-refractivity contribution in [2.24, 2.45) is 5.73 Å². The van der Waals surface area contributed by atoms with Gasteiger partial charge >= 0.3 is 6.09 Å². The topological polar surface area (TPSA) is 145 Å². The zero-order valence-corrected chi connectivity index (χ0v) is 24.9. The van der Waals surface area contributed by atoms with Crippen LogP contribution in [0.25, 0.3) is 10.9 Å². The van der Waals surface area contributed by atoms with Gasteiger partial charge in [-0.25, -0.2) is 22.9 Å². The molecule has 4 rings (SSSR count). The van der Waals surface area contributed by atoms with Crippen LogP contribution in [-0.2, 0) is 16.0 Å². The number of benzene rings is 2. The lowest BCUT2D eigenvalue weighted by Crippen LogP contribution is -2.42. The summed E-state index contributed by atoms with van der Waals surface area (Å²) in [7, 11) is 1.60. The van der Waals surface area contributed by atoms with Gasteiger partial charge in [-0.3, -0.25) is 9.48 Å². The van der Waals surface area contributed by atoms with Gasteiger partial charge in [0.1, 0.15) is 11.4 Å². The van der Waals surface area contributed by atoms with Gasteiger partial charge in [-0.1, -0.05) is 6.07 Å². The zero-order chi connectivity index (χ0) is 32.2. The Labute approximate surface area is 251 Å². The van der Waals surface area contributed by atoms with Gasteiger partial charge in [0.25, 0.3) is 5.91 Å². The molecule has 2 aromatic carbocycles. The summed E-state index contributed by atoms with van der Waals surface area (Å²) in [5.74, 6) is -4.52. The minimum atomic E-state index is -1.14. The van der Waals surface area contributed by atoms with Gasteiger partial charge in [-0.05, 0) is 69.7 Å². The Bertz CT molecular complexity index is 1670. The number of halogens is 3. The van der Waals surface area contributed by atoms with E-state index in [1.165, 1.54) is 6.07 Å². The molecule has 44 heavy (non-hydrogen) atoms. The van der Waals surface area contributed by atoms with E-state index in [1.807, 2.05) is 6.07 Å². The molecular formula is C30H34F3N7O4. The van der Waals surface area contributed by atoms with E-state index in [0.29, 0.717) is 18.8 Å². The number of aromatic nitrogens is 3. The zero-order valence-electron chi connectivity index (χ0n) is 24.9. The van der Waals surface area contributed by atoms with Gasteiger partial charge in [0, 0.05) is 18.2 Å². The average Bonchev–Trinajstić information content (AvgIpc) is 3.34. The molecule has 0 spiro atoms. The smallest absolute Gasteiger partial charge is 0.407 e. The molecule has 4 aromatic rings. The molecule has 0 saturated carbocycles. The Morgan fingerprint density at radius 3 is 2.43 bits per heavy atom. The fraction of sp³-hybridized carbons (Fsp3) is 0.333. The molecule has 0 saturated heterocycles. The summed E-state index contributed by atoms with van der Waals surface area (Å²) < 4.78 is 55.6. The molecule has 0 bridgehead atoms. The largest absolute Gasteiger partial charge is 0.444 e. The van der Waals surface area contributed by atoms with Crippen LogP contribution in [-0.4, -0.2) is 52.1 Å². The monoisotopic (exact) mass is 613 g/mol. The summed E-state index contributed by atoms with van der Waals surface area (Å²) in [5, 5.41) is 13.6. The SMILES string of the molecule is COCCn1ncc2cc(Nc3nc(N[C@H](c4ccc(F)c(F)c4)[C@H](C)NC(=O)OC(C)(C)C)c(F)cc3C(N)=O)ccc21. The summed E-state index contributed by atoms with van der Waals surface area (Å²) in [6.45, 7) is 7.64. The van der Waals surface area contributed by atoms with Crippen molar-refractivity contribution < 1.29 is 32.2 Å². The maximum Gasteiger partial charge on any atom is 0.407 e. The van der Waals surface area contributed by atoms with E-state index < -0.39 is 47.1 Å². The Morgan fingerprint density at radius 1 is 1.02 bits per heavy atom. The second-order valence-electron chi connectivity index (χ2n) is 11.1. The number of carbonyl (C=O) groups excluding carboxylic acids is 2. The number of nitrogens with zero attached hydrogens (tertiary/aromatic N) is 3. The van der Waals surface area contributed by atoms with Gasteiger partial charge in [0.2, 0.25) is 0 Å². The third-order valence-electron chi connectivity index (χ3n) is 6.49. The molecule has 11 nitrogen and oxygen atoms in total. The Kier molecular flexibility index (Phi) is 9.62. The first-order valence-electron chi connectivity index (χ1n) is 13.7. The van der Waals surface area contributed by atoms with Crippen LogP contribution >= 0.6 is 0 Å². The standard InChI is InChI=1S/C30H34F3N7O4/c1-16(36-29(42)44-30(2,3)4)25(17-6-8-21(31)22(32)13-17)38-28-23(33)14-20(26(34)41)27(39-28)37-19-7-9-24-18(12-19)15-35-40(24)10-11-43-5/h6-9,12-16,25H,10-11H2,1-5H3,(H2,34,41)(H,36,42)(H2,37,38,39)/t16-,25-/m0/s1. The van der Waals surface area contributed by atoms with Crippen molar-refractivity contribution in [3.8, 4) is 0 Å². The predicted molar refractivity (Wildman–Crippen MR) is 159 cm³/mol. The van der Waals surface area contributed by atoms with E-state index in [9.17, 15) is 18.4 Å². The molecule has 0 fully saturated rings. The molecule has 2 aromatic heterocycles. The Hall–Kier alpha value is -4.85. The van der Waals surface area contributed by atoms with E-state index in [-0.39, 0.29) is 22.8 Å². The summed E-state index contributed by atoms with van der Waals surface area (Å²) in [4.78, 5) is 29.0. The molecule has 0 unspecified atom stereocenters. The number of alkyl carbamates (subject to hydrolysis) is 1. The quantitative estimate of drug-likeness (QED) is 0.176. The third kappa shape index (κ3) is 7.75. The number of hydrogen-bond acceptors (Lipinski definition) is 8. The number of anilines is 3. The maximum absolute atomic E-state index is 15.4. The van der Waals surface area contributed by atoms with Crippen molar-refractivity contribution in [3.63, 3.8) is 0 Å². The van der Waals surface area contributed by atoms with E-state index in [1.54, 1.807) is 57.8 Å². The van der Waals surface area contributed by atoms with E-state index in [2.05, 4.69) is 26.0 Å². The first kappa shape index (κ1) is 32.1. The van der Waals surface area contributed by atoms with Crippen molar-refractivity contribution in [3.05, 3.63) is 77.2 Å². The Morgan fingerprint density at radius 2 is 1.77 bits per heavy atom. The van der Waals surface area contributed by atoms with Crippen molar-refractivity contribution >= 4 is 40.2 Å². The molecule has 2 atom stereocenters. The van der Waals surface area contributed by atoms with Crippen molar-refractivity contribution in [2.75, 3.05) is 24.4 Å². The van der Waals surface area contributed by atoms with E-state index >= 15 is 4.39 Å². The minimum absolute atomic E-state index is 0.0654. The molecule has 0 aliphatic rings. The normalized spacial score (nSPS) is 12.9. The number of amides is 2. The number of fused-ring (bicyclic) bond motifs is 1. The fourth-order valence-corrected chi connectivity index (χ4v) is 4.46. The van der Waals surface area contributed by atoms with Gasteiger partial charge in [-0.2, -0.15) is 5.10 Å². The number of primary amides is 1. The number of nitrogens with two attached hydrogens (primary N) is 1. The average molecular weight is 614 g/mol. The predicted octanol–water partition coefficient (Wildman–Crippen LogP) is 5.40. The van der Waals surface area contributed by atoms with Crippen LogP contribution in [0.4, 0.5) is 35.3 Å². The minimum Gasteiger partial charge on any atom is -0.444 e. The first-order valence-corrected chi connectivity index (χ1v) is 13.7. The number of methoxy groups -OCH3 is 1. The van der Waals surface area contributed by atoms with Gasteiger partial charge in [-0.15, -0.1) is 0 Å². The molecule has 0 aliphatic carbocycles. The fourth-order valence-electron chi connectivity index (χ4n) is 4.46. The lowest BCUT2D eigenvalue weighted by molar-refractivity contribution is 0.0503. The van der Waals surface area contributed by atoms with Crippen molar-refractivity contribution in [1.29, 1.82) is 0 Å².